The zero-order valence-electron chi connectivity index (χ0n) is 13.3. The van der Waals surface area contributed by atoms with Crippen molar-refractivity contribution < 1.29 is 9.53 Å². The van der Waals surface area contributed by atoms with Crippen LogP contribution in [0.1, 0.15) is 39.3 Å². The van der Waals surface area contributed by atoms with Crippen molar-refractivity contribution in [2.45, 2.75) is 39.8 Å². The number of hydrogen-bond acceptors (Lipinski definition) is 3. The van der Waals surface area contributed by atoms with Crippen molar-refractivity contribution in [3.8, 4) is 5.75 Å². The summed E-state index contributed by atoms with van der Waals surface area (Å²) in [5, 5.41) is 0. The van der Waals surface area contributed by atoms with Gasteiger partial charge in [-0.2, -0.15) is 0 Å². The molecule has 4 nitrogen and oxygen atoms in total. The summed E-state index contributed by atoms with van der Waals surface area (Å²) in [6.45, 7) is 7.89. The molecular formula is C16H26N2O2. The van der Waals surface area contributed by atoms with Gasteiger partial charge in [0.1, 0.15) is 5.75 Å². The van der Waals surface area contributed by atoms with Gasteiger partial charge in [-0.3, -0.25) is 4.79 Å². The molecule has 0 aliphatic rings. The summed E-state index contributed by atoms with van der Waals surface area (Å²) in [6.07, 6.45) is 0. The Morgan fingerprint density at radius 3 is 2.35 bits per heavy atom. The van der Waals surface area contributed by atoms with Gasteiger partial charge in [0.05, 0.1) is 19.2 Å². The molecule has 20 heavy (non-hydrogen) atoms. The van der Waals surface area contributed by atoms with Crippen LogP contribution in [0.25, 0.3) is 0 Å². The minimum Gasteiger partial charge on any atom is -0.496 e. The van der Waals surface area contributed by atoms with Gasteiger partial charge in [0.25, 0.3) is 0 Å². The van der Waals surface area contributed by atoms with Crippen molar-refractivity contribution in [2.24, 2.45) is 11.1 Å². The Labute approximate surface area is 121 Å². The molecule has 4 heteroatoms. The van der Waals surface area contributed by atoms with E-state index in [0.29, 0.717) is 0 Å². The van der Waals surface area contributed by atoms with Gasteiger partial charge in [0, 0.05) is 12.6 Å². The number of nitrogens with two attached hydrogens (primary N) is 1. The Balaban J connectivity index is 2.97. The summed E-state index contributed by atoms with van der Waals surface area (Å²) in [7, 11) is 3.42. The molecule has 0 bridgehead atoms. The number of nitrogens with zero attached hydrogens (tertiary/aromatic N) is 1. The number of ether oxygens (including phenoxy) is 1. The Kier molecular flexibility index (Phi) is 5.17. The second kappa shape index (κ2) is 6.27. The number of methoxy groups -OCH3 is 1. The second-order valence-corrected chi connectivity index (χ2v) is 6.21. The summed E-state index contributed by atoms with van der Waals surface area (Å²) in [5.41, 5.74) is 6.78. The summed E-state index contributed by atoms with van der Waals surface area (Å²) in [4.78, 5) is 14.2. The number of amides is 1. The van der Waals surface area contributed by atoms with Crippen molar-refractivity contribution in [1.29, 1.82) is 0 Å². The number of benzene rings is 1. The van der Waals surface area contributed by atoms with Gasteiger partial charge in [-0.15, -0.1) is 0 Å². The molecule has 0 fully saturated rings. The maximum absolute atomic E-state index is 12.5. The van der Waals surface area contributed by atoms with Crippen molar-refractivity contribution in [3.05, 3.63) is 29.8 Å². The van der Waals surface area contributed by atoms with E-state index < -0.39 is 6.04 Å². The molecule has 0 saturated heterocycles. The first-order valence-electron chi connectivity index (χ1n) is 6.85. The largest absolute Gasteiger partial charge is 0.496 e. The van der Waals surface area contributed by atoms with Crippen molar-refractivity contribution in [3.63, 3.8) is 0 Å². The van der Waals surface area contributed by atoms with E-state index in [1.807, 2.05) is 52.0 Å². The first-order chi connectivity index (χ1) is 9.20. The minimum atomic E-state index is -0.523. The summed E-state index contributed by atoms with van der Waals surface area (Å²) < 4.78 is 5.35. The predicted octanol–water partition coefficient (Wildman–Crippen LogP) is 2.59. The lowest BCUT2D eigenvalue weighted by Gasteiger charge is -2.33. The van der Waals surface area contributed by atoms with E-state index in [0.717, 1.165) is 11.3 Å². The molecule has 1 amide bonds. The Morgan fingerprint density at radius 1 is 1.30 bits per heavy atom. The number of para-hydroxylation sites is 1. The van der Waals surface area contributed by atoms with Crippen LogP contribution in [0.15, 0.2) is 24.3 Å². The van der Waals surface area contributed by atoms with Crippen molar-refractivity contribution in [2.75, 3.05) is 14.2 Å². The number of carbonyl (C=O) groups excluding carboxylic acids is 1. The monoisotopic (exact) mass is 278 g/mol. The smallest absolute Gasteiger partial charge is 0.240 e. The van der Waals surface area contributed by atoms with Gasteiger partial charge < -0.3 is 15.4 Å². The molecule has 0 aliphatic heterocycles. The molecule has 2 unspecified atom stereocenters. The Morgan fingerprint density at radius 2 is 1.85 bits per heavy atom. The average Bonchev–Trinajstić information content (AvgIpc) is 2.42. The van der Waals surface area contributed by atoms with Crippen LogP contribution in [-0.4, -0.2) is 31.0 Å². The maximum atomic E-state index is 12.5. The fraction of sp³-hybridized carbons (Fsp3) is 0.562. The van der Waals surface area contributed by atoms with E-state index in [2.05, 4.69) is 0 Å². The van der Waals surface area contributed by atoms with E-state index in [1.54, 1.807) is 19.1 Å². The highest BCUT2D eigenvalue weighted by Gasteiger charge is 2.32. The third-order valence-electron chi connectivity index (χ3n) is 3.72. The molecule has 1 aromatic rings. The molecule has 112 valence electrons. The topological polar surface area (TPSA) is 55.6 Å². The lowest BCUT2D eigenvalue weighted by atomic mass is 9.86. The van der Waals surface area contributed by atoms with Gasteiger partial charge in [-0.1, -0.05) is 39.0 Å². The lowest BCUT2D eigenvalue weighted by Crippen LogP contribution is -2.49. The molecule has 2 N–H and O–H groups in total. The van der Waals surface area contributed by atoms with Crippen LogP contribution in [-0.2, 0) is 4.79 Å². The van der Waals surface area contributed by atoms with Crippen LogP contribution in [0.3, 0.4) is 0 Å². The molecule has 0 saturated carbocycles. The molecule has 0 spiro atoms. The SMILES string of the molecule is COc1ccccc1C(C)N(C)C(=O)C(N)C(C)(C)C. The van der Waals surface area contributed by atoms with Crippen LogP contribution >= 0.6 is 0 Å². The average molecular weight is 278 g/mol. The van der Waals surface area contributed by atoms with Crippen LogP contribution in [0.4, 0.5) is 0 Å². The Hall–Kier alpha value is -1.55. The Bertz CT molecular complexity index is 466. The molecule has 2 atom stereocenters. The fourth-order valence-corrected chi connectivity index (χ4v) is 2.00. The van der Waals surface area contributed by atoms with E-state index >= 15 is 0 Å². The molecule has 0 heterocycles. The first kappa shape index (κ1) is 16.5. The minimum absolute atomic E-state index is 0.0593. The molecule has 1 aromatic carbocycles. The van der Waals surface area contributed by atoms with Gasteiger partial charge >= 0.3 is 0 Å². The standard InChI is InChI=1S/C16H26N2O2/c1-11(12-9-7-8-10-13(12)20-6)18(5)15(19)14(17)16(2,3)4/h7-11,14H,17H2,1-6H3. The van der Waals surface area contributed by atoms with E-state index in [9.17, 15) is 4.79 Å². The normalized spacial score (nSPS) is 14.6. The number of rotatable bonds is 4. The summed E-state index contributed by atoms with van der Waals surface area (Å²) >= 11 is 0. The van der Waals surface area contributed by atoms with Crippen molar-refractivity contribution >= 4 is 5.91 Å². The van der Waals surface area contributed by atoms with Crippen LogP contribution in [0, 0.1) is 5.41 Å². The quantitative estimate of drug-likeness (QED) is 0.921. The maximum Gasteiger partial charge on any atom is 0.240 e. The third kappa shape index (κ3) is 3.51. The first-order valence-corrected chi connectivity index (χ1v) is 6.85. The van der Waals surface area contributed by atoms with Gasteiger partial charge in [-0.05, 0) is 18.4 Å². The lowest BCUT2D eigenvalue weighted by molar-refractivity contribution is -0.135. The fourth-order valence-electron chi connectivity index (χ4n) is 2.00. The second-order valence-electron chi connectivity index (χ2n) is 6.21. The van der Waals surface area contributed by atoms with E-state index in [1.165, 1.54) is 0 Å². The molecule has 0 aromatic heterocycles. The third-order valence-corrected chi connectivity index (χ3v) is 3.72. The zero-order valence-corrected chi connectivity index (χ0v) is 13.3. The predicted molar refractivity (Wildman–Crippen MR) is 81.6 cm³/mol. The van der Waals surface area contributed by atoms with Crippen molar-refractivity contribution in [1.82, 2.24) is 4.90 Å². The summed E-state index contributed by atoms with van der Waals surface area (Å²) in [6, 6.07) is 7.11. The zero-order chi connectivity index (χ0) is 15.5. The van der Waals surface area contributed by atoms with Crippen LogP contribution in [0.2, 0.25) is 0 Å². The molecule has 1 rings (SSSR count). The molecular weight excluding hydrogens is 252 g/mol. The van der Waals surface area contributed by atoms with Gasteiger partial charge in [0.15, 0.2) is 0 Å². The molecule has 0 radical (unpaired) electrons. The van der Waals surface area contributed by atoms with Gasteiger partial charge in [-0.25, -0.2) is 0 Å². The van der Waals surface area contributed by atoms with Crippen LogP contribution < -0.4 is 10.5 Å². The number of hydrogen-bond donors (Lipinski definition) is 1. The van der Waals surface area contributed by atoms with Crippen LogP contribution in [0.5, 0.6) is 5.75 Å². The number of likely N-dealkylation sites (N-methyl/N-ethyl adjacent to an activating group) is 1. The highest BCUT2D eigenvalue weighted by molar-refractivity contribution is 5.82. The molecule has 0 aliphatic carbocycles. The number of carbonyl (C=O) groups is 1. The van der Waals surface area contributed by atoms with Gasteiger partial charge in [0.2, 0.25) is 5.91 Å². The highest BCUT2D eigenvalue weighted by Crippen LogP contribution is 2.29. The summed E-state index contributed by atoms with van der Waals surface area (Å²) in [5.74, 6) is 0.722. The highest BCUT2D eigenvalue weighted by atomic mass is 16.5. The van der Waals surface area contributed by atoms with E-state index in [-0.39, 0.29) is 17.4 Å². The van der Waals surface area contributed by atoms with E-state index in [4.69, 9.17) is 10.5 Å².